The molecule has 100 valence electrons. The Morgan fingerprint density at radius 3 is 2.39 bits per heavy atom. The van der Waals surface area contributed by atoms with E-state index >= 15 is 0 Å². The van der Waals surface area contributed by atoms with Crippen molar-refractivity contribution in [3.63, 3.8) is 0 Å². The highest BCUT2D eigenvalue weighted by Gasteiger charge is 2.35. The van der Waals surface area contributed by atoms with Crippen molar-refractivity contribution in [3.8, 4) is 0 Å². The van der Waals surface area contributed by atoms with Crippen LogP contribution in [-0.4, -0.2) is 19.6 Å². The average Bonchev–Trinajstić information content (AvgIpc) is 2.28. The zero-order chi connectivity index (χ0) is 13.6. The summed E-state index contributed by atoms with van der Waals surface area (Å²) in [6, 6.07) is 8.95. The van der Waals surface area contributed by atoms with E-state index in [0.29, 0.717) is 6.42 Å². The SMILES string of the molecule is CC(=O)OCC(CCc1ccccc1)[B-](F)(F)F. The molecular weight excluding hydrogens is 244 g/mol. The van der Waals surface area contributed by atoms with E-state index in [0.717, 1.165) is 12.5 Å². The summed E-state index contributed by atoms with van der Waals surface area (Å²) in [5.74, 6) is -2.23. The molecule has 0 amide bonds. The van der Waals surface area contributed by atoms with Gasteiger partial charge in [-0.25, -0.2) is 0 Å². The molecule has 1 rings (SSSR count). The molecular formula is C12H15BF3O2-. The molecule has 2 nitrogen and oxygen atoms in total. The van der Waals surface area contributed by atoms with Gasteiger partial charge in [-0.05, 0) is 17.8 Å². The molecule has 0 aliphatic carbocycles. The molecule has 0 saturated carbocycles. The zero-order valence-corrected chi connectivity index (χ0v) is 10.1. The van der Waals surface area contributed by atoms with Crippen molar-refractivity contribution in [1.29, 1.82) is 0 Å². The van der Waals surface area contributed by atoms with Crippen LogP contribution in [0.25, 0.3) is 0 Å². The number of halogens is 3. The molecule has 6 heteroatoms. The van der Waals surface area contributed by atoms with Gasteiger partial charge in [0.25, 0.3) is 0 Å². The normalized spacial score (nSPS) is 13.1. The summed E-state index contributed by atoms with van der Waals surface area (Å²) in [6.45, 7) is -4.46. The molecule has 0 aromatic heterocycles. The lowest BCUT2D eigenvalue weighted by molar-refractivity contribution is -0.141. The molecule has 0 radical (unpaired) electrons. The molecule has 0 fully saturated rings. The second-order valence-corrected chi connectivity index (χ2v) is 4.21. The van der Waals surface area contributed by atoms with Crippen LogP contribution < -0.4 is 0 Å². The van der Waals surface area contributed by atoms with Gasteiger partial charge in [0.15, 0.2) is 0 Å². The number of hydrogen-bond donors (Lipinski definition) is 0. The minimum absolute atomic E-state index is 0.0548. The summed E-state index contributed by atoms with van der Waals surface area (Å²) in [7, 11) is 0. The van der Waals surface area contributed by atoms with Gasteiger partial charge in [-0.2, -0.15) is 0 Å². The Hall–Kier alpha value is -1.46. The fraction of sp³-hybridized carbons (Fsp3) is 0.417. The van der Waals surface area contributed by atoms with Crippen molar-refractivity contribution in [2.45, 2.75) is 25.6 Å². The van der Waals surface area contributed by atoms with Crippen LogP contribution in [0.15, 0.2) is 30.3 Å². The van der Waals surface area contributed by atoms with Gasteiger partial charge in [-0.15, -0.1) is 0 Å². The van der Waals surface area contributed by atoms with Gasteiger partial charge in [-0.3, -0.25) is 4.79 Å². The summed E-state index contributed by atoms with van der Waals surface area (Å²) in [5.41, 5.74) is 0.852. The number of carbonyl (C=O) groups is 1. The minimum Gasteiger partial charge on any atom is -0.469 e. The van der Waals surface area contributed by atoms with Gasteiger partial charge in [0.1, 0.15) is 0 Å². The quantitative estimate of drug-likeness (QED) is 0.578. The summed E-state index contributed by atoms with van der Waals surface area (Å²) in [6.07, 6.45) is 0.273. The van der Waals surface area contributed by atoms with Gasteiger partial charge in [0, 0.05) is 6.92 Å². The first kappa shape index (κ1) is 14.6. The first-order chi connectivity index (χ1) is 8.39. The van der Waals surface area contributed by atoms with Gasteiger partial charge >= 0.3 is 12.9 Å². The Morgan fingerprint density at radius 2 is 1.89 bits per heavy atom. The van der Waals surface area contributed by atoms with Crippen molar-refractivity contribution in [3.05, 3.63) is 35.9 Å². The van der Waals surface area contributed by atoms with E-state index in [1.807, 2.05) is 6.07 Å². The third-order valence-corrected chi connectivity index (χ3v) is 2.68. The maximum atomic E-state index is 12.7. The topological polar surface area (TPSA) is 26.3 Å². The third-order valence-electron chi connectivity index (χ3n) is 2.68. The van der Waals surface area contributed by atoms with Crippen molar-refractivity contribution in [2.75, 3.05) is 6.61 Å². The Kier molecular flexibility index (Phi) is 5.25. The van der Waals surface area contributed by atoms with Gasteiger partial charge in [-0.1, -0.05) is 36.8 Å². The molecule has 1 aromatic rings. The van der Waals surface area contributed by atoms with Crippen LogP contribution in [0.3, 0.4) is 0 Å². The molecule has 18 heavy (non-hydrogen) atoms. The van der Waals surface area contributed by atoms with Crippen molar-refractivity contribution in [2.24, 2.45) is 0 Å². The van der Waals surface area contributed by atoms with Crippen LogP contribution in [-0.2, 0) is 16.0 Å². The second kappa shape index (κ2) is 6.47. The average molecular weight is 259 g/mol. The third kappa shape index (κ3) is 5.25. The Bertz CT molecular complexity index is 379. The number of aryl methyl sites for hydroxylation is 1. The van der Waals surface area contributed by atoms with Crippen LogP contribution in [0.1, 0.15) is 18.9 Å². The first-order valence-electron chi connectivity index (χ1n) is 5.77. The number of rotatable bonds is 6. The first-order valence-corrected chi connectivity index (χ1v) is 5.77. The molecule has 1 aromatic carbocycles. The van der Waals surface area contributed by atoms with Gasteiger partial charge < -0.3 is 17.7 Å². The maximum absolute atomic E-state index is 12.7. The maximum Gasteiger partial charge on any atom is 0.484 e. The lowest BCUT2D eigenvalue weighted by atomic mass is 9.70. The fourth-order valence-electron chi connectivity index (χ4n) is 1.60. The van der Waals surface area contributed by atoms with Crippen LogP contribution in [0, 0.1) is 0 Å². The molecule has 1 atom stereocenters. The zero-order valence-electron chi connectivity index (χ0n) is 10.1. The summed E-state index contributed by atoms with van der Waals surface area (Å²) in [4.78, 5) is 10.6. The lowest BCUT2D eigenvalue weighted by Crippen LogP contribution is -2.29. The highest BCUT2D eigenvalue weighted by Crippen LogP contribution is 2.31. The molecule has 0 heterocycles. The number of ether oxygens (including phenoxy) is 1. The summed E-state index contributed by atoms with van der Waals surface area (Å²) < 4.78 is 42.7. The highest BCUT2D eigenvalue weighted by molar-refractivity contribution is 6.60. The summed E-state index contributed by atoms with van der Waals surface area (Å²) >= 11 is 0. The predicted octanol–water partition coefficient (Wildman–Crippen LogP) is 3.40. The molecule has 0 saturated heterocycles. The van der Waals surface area contributed by atoms with E-state index in [-0.39, 0.29) is 6.42 Å². The lowest BCUT2D eigenvalue weighted by Gasteiger charge is -2.26. The van der Waals surface area contributed by atoms with E-state index in [9.17, 15) is 17.7 Å². The van der Waals surface area contributed by atoms with Crippen molar-refractivity contribution >= 4 is 12.9 Å². The van der Waals surface area contributed by atoms with Gasteiger partial charge in [0.05, 0.1) is 6.61 Å². The number of benzene rings is 1. The van der Waals surface area contributed by atoms with Crippen LogP contribution >= 0.6 is 0 Å². The van der Waals surface area contributed by atoms with E-state index in [1.165, 1.54) is 0 Å². The molecule has 1 unspecified atom stereocenters. The minimum atomic E-state index is -4.99. The monoisotopic (exact) mass is 259 g/mol. The van der Waals surface area contributed by atoms with E-state index in [4.69, 9.17) is 0 Å². The van der Waals surface area contributed by atoms with Crippen molar-refractivity contribution in [1.82, 2.24) is 0 Å². The number of esters is 1. The van der Waals surface area contributed by atoms with Crippen LogP contribution in [0.4, 0.5) is 12.9 Å². The summed E-state index contributed by atoms with van der Waals surface area (Å²) in [5, 5.41) is 0. The fourth-order valence-corrected chi connectivity index (χ4v) is 1.60. The van der Waals surface area contributed by atoms with E-state index in [1.54, 1.807) is 24.3 Å². The van der Waals surface area contributed by atoms with Crippen molar-refractivity contribution < 1.29 is 22.5 Å². The molecule has 0 aliphatic rings. The second-order valence-electron chi connectivity index (χ2n) is 4.21. The molecule has 0 spiro atoms. The predicted molar refractivity (Wildman–Crippen MR) is 64.2 cm³/mol. The smallest absolute Gasteiger partial charge is 0.469 e. The van der Waals surface area contributed by atoms with E-state index in [2.05, 4.69) is 4.74 Å². The Morgan fingerprint density at radius 1 is 1.28 bits per heavy atom. The number of carbonyl (C=O) groups excluding carboxylic acids is 1. The molecule has 0 aliphatic heterocycles. The standard InChI is InChI=1S/C12H15BF3O2/c1-10(17)18-9-12(13(14,15)16)8-7-11-5-3-2-4-6-11/h2-6,12H,7-9H2,1H3/q-1. The van der Waals surface area contributed by atoms with Crippen LogP contribution in [0.5, 0.6) is 0 Å². The highest BCUT2D eigenvalue weighted by atomic mass is 19.4. The largest absolute Gasteiger partial charge is 0.484 e. The molecule has 0 bridgehead atoms. The van der Waals surface area contributed by atoms with Gasteiger partial charge in [0.2, 0.25) is 0 Å². The molecule has 0 N–H and O–H groups in total. The Labute approximate surface area is 104 Å². The number of hydrogen-bond acceptors (Lipinski definition) is 2. The van der Waals surface area contributed by atoms with E-state index < -0.39 is 25.4 Å². The van der Waals surface area contributed by atoms with Crippen LogP contribution in [0.2, 0.25) is 5.82 Å². The Balaban J connectivity index is 2.54.